The second-order valence-corrected chi connectivity index (χ2v) is 7.50. The molecule has 24 heavy (non-hydrogen) atoms. The van der Waals surface area contributed by atoms with E-state index in [1.807, 2.05) is 17.5 Å². The molecule has 1 fully saturated rings. The van der Waals surface area contributed by atoms with Gasteiger partial charge in [-0.3, -0.25) is 14.0 Å². The molecule has 1 aliphatic rings. The third-order valence-corrected chi connectivity index (χ3v) is 5.88. The van der Waals surface area contributed by atoms with Gasteiger partial charge in [-0.1, -0.05) is 19.8 Å². The SMILES string of the molecule is C[C@@H]1CCCC[C@@H]1NC(=O)Cn1ncn2c(cc3ccsc32)c1=O. The summed E-state index contributed by atoms with van der Waals surface area (Å²) in [7, 11) is 0. The third kappa shape index (κ3) is 2.62. The van der Waals surface area contributed by atoms with Crippen molar-refractivity contribution in [2.75, 3.05) is 0 Å². The lowest BCUT2D eigenvalue weighted by atomic mass is 9.86. The number of nitrogens with one attached hydrogen (secondary N) is 1. The van der Waals surface area contributed by atoms with Crippen LogP contribution < -0.4 is 10.9 Å². The molecule has 3 aromatic rings. The van der Waals surface area contributed by atoms with E-state index in [9.17, 15) is 9.59 Å². The summed E-state index contributed by atoms with van der Waals surface area (Å²) in [6.45, 7) is 2.14. The summed E-state index contributed by atoms with van der Waals surface area (Å²) in [5.41, 5.74) is 0.332. The molecular weight excluding hydrogens is 324 g/mol. The standard InChI is InChI=1S/C17H20N4O2S/c1-11-4-2-3-5-13(11)19-15(22)9-21-16(23)14-8-12-6-7-24-17(12)20(14)10-18-21/h6-8,10-11,13H,2-5,9H2,1H3,(H,19,22)/t11-,13+/m1/s1. The lowest BCUT2D eigenvalue weighted by Gasteiger charge is -2.29. The number of amides is 1. The fourth-order valence-corrected chi connectivity index (χ4v) is 4.42. The first-order chi connectivity index (χ1) is 11.6. The maximum Gasteiger partial charge on any atom is 0.291 e. The smallest absolute Gasteiger partial charge is 0.291 e. The molecule has 1 aliphatic carbocycles. The molecule has 6 nitrogen and oxygen atoms in total. The van der Waals surface area contributed by atoms with Crippen molar-refractivity contribution in [2.45, 2.75) is 45.2 Å². The molecule has 0 unspecified atom stereocenters. The van der Waals surface area contributed by atoms with E-state index >= 15 is 0 Å². The lowest BCUT2D eigenvalue weighted by molar-refractivity contribution is -0.123. The molecule has 1 saturated carbocycles. The van der Waals surface area contributed by atoms with E-state index in [1.54, 1.807) is 22.1 Å². The Morgan fingerprint density at radius 2 is 2.25 bits per heavy atom. The summed E-state index contributed by atoms with van der Waals surface area (Å²) < 4.78 is 3.04. The van der Waals surface area contributed by atoms with Crippen molar-refractivity contribution in [3.05, 3.63) is 34.2 Å². The van der Waals surface area contributed by atoms with Crippen LogP contribution in [0, 0.1) is 5.92 Å². The number of fused-ring (bicyclic) bond motifs is 3. The molecule has 0 saturated heterocycles. The number of nitrogens with zero attached hydrogens (tertiary/aromatic N) is 3. The molecule has 0 aromatic carbocycles. The van der Waals surface area contributed by atoms with Gasteiger partial charge in [0.25, 0.3) is 5.56 Å². The molecule has 0 aliphatic heterocycles. The summed E-state index contributed by atoms with van der Waals surface area (Å²) in [4.78, 5) is 25.9. The van der Waals surface area contributed by atoms with E-state index in [0.717, 1.165) is 29.5 Å². The minimum Gasteiger partial charge on any atom is -0.351 e. The Morgan fingerprint density at radius 3 is 3.08 bits per heavy atom. The van der Waals surface area contributed by atoms with Crippen molar-refractivity contribution in [1.29, 1.82) is 0 Å². The van der Waals surface area contributed by atoms with Crippen molar-refractivity contribution in [3.63, 3.8) is 0 Å². The molecule has 0 radical (unpaired) electrons. The van der Waals surface area contributed by atoms with Crippen LogP contribution in [0.4, 0.5) is 0 Å². The van der Waals surface area contributed by atoms with Crippen LogP contribution in [-0.2, 0) is 11.3 Å². The molecule has 126 valence electrons. The number of aromatic nitrogens is 3. The van der Waals surface area contributed by atoms with Gasteiger partial charge in [0.15, 0.2) is 0 Å². The highest BCUT2D eigenvalue weighted by atomic mass is 32.1. The number of rotatable bonds is 3. The van der Waals surface area contributed by atoms with Crippen LogP contribution in [0.2, 0.25) is 0 Å². The van der Waals surface area contributed by atoms with Crippen LogP contribution in [0.3, 0.4) is 0 Å². The van der Waals surface area contributed by atoms with E-state index in [2.05, 4.69) is 17.3 Å². The Morgan fingerprint density at radius 1 is 1.42 bits per heavy atom. The minimum atomic E-state index is -0.229. The Bertz CT molecular complexity index is 954. The number of thiophene rings is 1. The Balaban J connectivity index is 1.56. The zero-order valence-electron chi connectivity index (χ0n) is 13.6. The van der Waals surface area contributed by atoms with Crippen LogP contribution >= 0.6 is 11.3 Å². The molecule has 0 bridgehead atoms. The first-order valence-corrected chi connectivity index (χ1v) is 9.25. The molecule has 1 N–H and O–H groups in total. The molecule has 2 atom stereocenters. The summed E-state index contributed by atoms with van der Waals surface area (Å²) >= 11 is 1.57. The fraction of sp³-hybridized carbons (Fsp3) is 0.471. The topological polar surface area (TPSA) is 68.4 Å². The van der Waals surface area contributed by atoms with Crippen molar-refractivity contribution in [2.24, 2.45) is 5.92 Å². The lowest BCUT2D eigenvalue weighted by Crippen LogP contribution is -2.43. The number of carbonyl (C=O) groups excluding carboxylic acids is 1. The van der Waals surface area contributed by atoms with Gasteiger partial charge in [-0.15, -0.1) is 11.3 Å². The van der Waals surface area contributed by atoms with Crippen molar-refractivity contribution in [1.82, 2.24) is 19.5 Å². The highest BCUT2D eigenvalue weighted by Crippen LogP contribution is 2.24. The van der Waals surface area contributed by atoms with E-state index in [4.69, 9.17) is 0 Å². The number of carbonyl (C=O) groups is 1. The highest BCUT2D eigenvalue weighted by Gasteiger charge is 2.23. The normalized spacial score (nSPS) is 21.4. The van der Waals surface area contributed by atoms with Gasteiger partial charge in [0, 0.05) is 11.4 Å². The fourth-order valence-electron chi connectivity index (χ4n) is 3.55. The zero-order valence-corrected chi connectivity index (χ0v) is 14.4. The highest BCUT2D eigenvalue weighted by molar-refractivity contribution is 7.16. The largest absolute Gasteiger partial charge is 0.351 e. The Hall–Kier alpha value is -2.15. The molecule has 3 heterocycles. The van der Waals surface area contributed by atoms with E-state index in [0.29, 0.717) is 11.4 Å². The monoisotopic (exact) mass is 344 g/mol. The predicted octanol–water partition coefficient (Wildman–Crippen LogP) is 2.41. The van der Waals surface area contributed by atoms with Gasteiger partial charge < -0.3 is 5.32 Å². The van der Waals surface area contributed by atoms with Crippen molar-refractivity contribution in [3.8, 4) is 0 Å². The maximum absolute atomic E-state index is 12.6. The van der Waals surface area contributed by atoms with Crippen molar-refractivity contribution < 1.29 is 4.79 Å². The summed E-state index contributed by atoms with van der Waals surface area (Å²) in [6, 6.07) is 4.05. The zero-order chi connectivity index (χ0) is 16.7. The van der Waals surface area contributed by atoms with E-state index in [-0.39, 0.29) is 24.1 Å². The van der Waals surface area contributed by atoms with Crippen molar-refractivity contribution >= 4 is 33.0 Å². The van der Waals surface area contributed by atoms with E-state index < -0.39 is 0 Å². The Kier molecular flexibility index (Phi) is 3.88. The minimum absolute atomic E-state index is 0.0304. The Labute approximate surface area is 143 Å². The average molecular weight is 344 g/mol. The maximum atomic E-state index is 12.6. The first kappa shape index (κ1) is 15.4. The van der Waals surface area contributed by atoms with Crippen LogP contribution in [0.25, 0.3) is 15.7 Å². The molecule has 0 spiro atoms. The summed E-state index contributed by atoms with van der Waals surface area (Å²) in [5.74, 6) is 0.355. The number of hydrogen-bond acceptors (Lipinski definition) is 4. The van der Waals surface area contributed by atoms with E-state index in [1.165, 1.54) is 11.1 Å². The quantitative estimate of drug-likeness (QED) is 0.793. The molecule has 7 heteroatoms. The molecule has 3 aromatic heterocycles. The summed E-state index contributed by atoms with van der Waals surface area (Å²) in [6.07, 6.45) is 6.17. The summed E-state index contributed by atoms with van der Waals surface area (Å²) in [5, 5.41) is 10.3. The van der Waals surface area contributed by atoms with Gasteiger partial charge in [0.2, 0.25) is 5.91 Å². The van der Waals surface area contributed by atoms with Gasteiger partial charge >= 0.3 is 0 Å². The predicted molar refractivity (Wildman–Crippen MR) is 94.4 cm³/mol. The second kappa shape index (κ2) is 6.05. The van der Waals surface area contributed by atoms with Gasteiger partial charge in [0.1, 0.15) is 23.2 Å². The average Bonchev–Trinajstić information content (AvgIpc) is 3.14. The van der Waals surface area contributed by atoms with Crippen LogP contribution in [0.5, 0.6) is 0 Å². The van der Waals surface area contributed by atoms with Gasteiger partial charge in [-0.25, -0.2) is 4.68 Å². The van der Waals surface area contributed by atoms with Gasteiger partial charge in [-0.2, -0.15) is 5.10 Å². The second-order valence-electron chi connectivity index (χ2n) is 6.61. The van der Waals surface area contributed by atoms with Gasteiger partial charge in [-0.05, 0) is 36.3 Å². The first-order valence-electron chi connectivity index (χ1n) is 8.37. The van der Waals surface area contributed by atoms with Crippen LogP contribution in [0.1, 0.15) is 32.6 Å². The van der Waals surface area contributed by atoms with Crippen LogP contribution in [-0.4, -0.2) is 26.1 Å². The van der Waals surface area contributed by atoms with Gasteiger partial charge in [0.05, 0.1) is 0 Å². The third-order valence-electron chi connectivity index (χ3n) is 4.96. The molecular formula is C17H20N4O2S. The molecule has 1 amide bonds. The number of hydrogen-bond donors (Lipinski definition) is 1. The molecule has 4 rings (SSSR count). The van der Waals surface area contributed by atoms with Crippen LogP contribution in [0.15, 0.2) is 28.6 Å².